The van der Waals surface area contributed by atoms with Crippen LogP contribution >= 0.6 is 0 Å². The molecule has 1 N–H and O–H groups in total. The van der Waals surface area contributed by atoms with Crippen LogP contribution < -0.4 is 27.0 Å². The van der Waals surface area contributed by atoms with Crippen molar-refractivity contribution in [2.45, 2.75) is 155 Å². The van der Waals surface area contributed by atoms with Crippen molar-refractivity contribution in [1.82, 2.24) is 15.1 Å². The molecule has 2 atom stereocenters. The summed E-state index contributed by atoms with van der Waals surface area (Å²) in [6, 6.07) is 22.5. The smallest absolute Gasteiger partial charge is 0.417 e. The number of hydrogen-bond acceptors (Lipinski definition) is 7. The van der Waals surface area contributed by atoms with Crippen molar-refractivity contribution < 1.29 is 45.6 Å². The van der Waals surface area contributed by atoms with Gasteiger partial charge in [0.1, 0.15) is 32.1 Å². The van der Waals surface area contributed by atoms with E-state index in [9.17, 15) is 14.4 Å². The number of imide groups is 1. The van der Waals surface area contributed by atoms with Gasteiger partial charge in [-0.15, -0.1) is 0 Å². The van der Waals surface area contributed by atoms with Gasteiger partial charge < -0.3 is 31.9 Å². The fourth-order valence-electron chi connectivity index (χ4n) is 7.77. The standard InChI is InChI=1S/C48H70N4O6.ClH/c1-4-6-7-8-9-10-11-12-13-14-15-16-17-18-19-26-33-49-47(54)57-38-42-35-43(51(42)36-40-28-21-20-22-29-40)39-58-48(55)52(37-41-30-25-27-34-50(41)5-2)46(53)44-31-23-24-32-45(44)56-3;/h20-25,27-32,34,42-43H,4-19,26,33,35-39H2,1-3H3;1H. The Labute approximate surface area is 360 Å². The molecule has 0 radical (unpaired) electrons. The molecule has 0 bridgehead atoms. The molecule has 326 valence electrons. The van der Waals surface area contributed by atoms with Crippen LogP contribution in [0.3, 0.4) is 0 Å². The third kappa shape index (κ3) is 17.5. The maximum Gasteiger partial charge on any atom is 0.417 e. The Hall–Kier alpha value is -4.15. The molecule has 2 aromatic carbocycles. The lowest BCUT2D eigenvalue weighted by atomic mass is 9.93. The number of nitrogens with one attached hydrogen (secondary N) is 1. The van der Waals surface area contributed by atoms with E-state index in [2.05, 4.69) is 29.3 Å². The number of unbranched alkanes of at least 4 members (excludes halogenated alkanes) is 15. The van der Waals surface area contributed by atoms with Crippen LogP contribution in [0.2, 0.25) is 0 Å². The fraction of sp³-hybridized carbons (Fsp3) is 0.583. The van der Waals surface area contributed by atoms with Gasteiger partial charge in [-0.3, -0.25) is 9.69 Å². The predicted octanol–water partition coefficient (Wildman–Crippen LogP) is 7.42. The number of methoxy groups -OCH3 is 1. The number of nitrogens with zero attached hydrogens (tertiary/aromatic N) is 3. The molecule has 2 unspecified atom stereocenters. The van der Waals surface area contributed by atoms with Crippen molar-refractivity contribution in [2.75, 3.05) is 26.9 Å². The minimum Gasteiger partial charge on any atom is -1.00 e. The first-order valence-electron chi connectivity index (χ1n) is 22.2. The van der Waals surface area contributed by atoms with E-state index in [0.29, 0.717) is 31.8 Å². The Morgan fingerprint density at radius 2 is 1.27 bits per heavy atom. The summed E-state index contributed by atoms with van der Waals surface area (Å²) >= 11 is 0. The van der Waals surface area contributed by atoms with Gasteiger partial charge >= 0.3 is 12.2 Å². The van der Waals surface area contributed by atoms with Crippen molar-refractivity contribution >= 4 is 18.1 Å². The van der Waals surface area contributed by atoms with Crippen LogP contribution in [0, 0.1) is 0 Å². The monoisotopic (exact) mass is 835 g/mol. The number of aromatic nitrogens is 1. The molecule has 10 nitrogen and oxygen atoms in total. The zero-order chi connectivity index (χ0) is 41.2. The molecule has 2 heterocycles. The van der Waals surface area contributed by atoms with Crippen LogP contribution in [-0.4, -0.2) is 66.8 Å². The second-order valence-electron chi connectivity index (χ2n) is 15.7. The first-order valence-corrected chi connectivity index (χ1v) is 22.2. The predicted molar refractivity (Wildman–Crippen MR) is 230 cm³/mol. The van der Waals surface area contributed by atoms with E-state index in [1.165, 1.54) is 97.0 Å². The number of pyridine rings is 1. The van der Waals surface area contributed by atoms with Crippen molar-refractivity contribution in [2.24, 2.45) is 0 Å². The summed E-state index contributed by atoms with van der Waals surface area (Å²) in [7, 11) is 1.50. The van der Waals surface area contributed by atoms with Crippen LogP contribution in [0.4, 0.5) is 9.59 Å². The minimum absolute atomic E-state index is 0. The Morgan fingerprint density at radius 3 is 1.88 bits per heavy atom. The van der Waals surface area contributed by atoms with Crippen molar-refractivity contribution in [3.05, 3.63) is 95.8 Å². The molecule has 1 aromatic heterocycles. The van der Waals surface area contributed by atoms with E-state index in [-0.39, 0.29) is 49.8 Å². The molecule has 0 saturated carbocycles. The first-order chi connectivity index (χ1) is 28.4. The molecule has 1 fully saturated rings. The van der Waals surface area contributed by atoms with Gasteiger partial charge in [0.05, 0.1) is 12.7 Å². The number of ether oxygens (including phenoxy) is 3. The molecule has 1 aliphatic rings. The Bertz CT molecular complexity index is 1630. The topological polar surface area (TPSA) is 101 Å². The van der Waals surface area contributed by atoms with Crippen molar-refractivity contribution in [3.8, 4) is 5.75 Å². The molecule has 3 amide bonds. The lowest BCUT2D eigenvalue weighted by Gasteiger charge is -2.48. The summed E-state index contributed by atoms with van der Waals surface area (Å²) in [5.74, 6) is -0.118. The number of benzene rings is 2. The zero-order valence-corrected chi connectivity index (χ0v) is 36.8. The second-order valence-corrected chi connectivity index (χ2v) is 15.7. The van der Waals surface area contributed by atoms with Crippen molar-refractivity contribution in [3.63, 3.8) is 0 Å². The van der Waals surface area contributed by atoms with Crippen LogP contribution in [0.5, 0.6) is 5.75 Å². The Morgan fingerprint density at radius 1 is 0.712 bits per heavy atom. The normalized spacial score (nSPS) is 14.8. The summed E-state index contributed by atoms with van der Waals surface area (Å²) in [4.78, 5) is 43.7. The Balaban J connectivity index is 0.00000930. The van der Waals surface area contributed by atoms with E-state index in [4.69, 9.17) is 14.2 Å². The van der Waals surface area contributed by atoms with Crippen LogP contribution in [-0.2, 0) is 29.1 Å². The number of para-hydroxylation sites is 1. The van der Waals surface area contributed by atoms with E-state index < -0.39 is 18.1 Å². The van der Waals surface area contributed by atoms with E-state index >= 15 is 0 Å². The quantitative estimate of drug-likeness (QED) is 0.0601. The summed E-state index contributed by atoms with van der Waals surface area (Å²) < 4.78 is 19.0. The highest BCUT2D eigenvalue weighted by Crippen LogP contribution is 2.29. The molecular weight excluding hydrogens is 764 g/mol. The van der Waals surface area contributed by atoms with Gasteiger partial charge in [0, 0.05) is 37.3 Å². The number of likely N-dealkylation sites (tertiary alicyclic amines) is 1. The van der Waals surface area contributed by atoms with E-state index in [0.717, 1.165) is 29.0 Å². The molecular formula is C48H71ClN4O6. The van der Waals surface area contributed by atoms with Gasteiger partial charge in [0.25, 0.3) is 5.91 Å². The summed E-state index contributed by atoms with van der Waals surface area (Å²) in [5, 5.41) is 2.93. The van der Waals surface area contributed by atoms with Crippen LogP contribution in [0.15, 0.2) is 79.0 Å². The molecule has 0 spiro atoms. The van der Waals surface area contributed by atoms with Gasteiger partial charge in [-0.1, -0.05) is 152 Å². The van der Waals surface area contributed by atoms with Crippen LogP contribution in [0.25, 0.3) is 0 Å². The highest BCUT2D eigenvalue weighted by molar-refractivity contribution is 6.04. The largest absolute Gasteiger partial charge is 1.00 e. The average molecular weight is 836 g/mol. The third-order valence-corrected chi connectivity index (χ3v) is 11.3. The number of aryl methyl sites for hydroxylation is 1. The summed E-state index contributed by atoms with van der Waals surface area (Å²) in [6.07, 6.45) is 22.5. The Kier molecular flexibility index (Phi) is 24.3. The zero-order valence-electron chi connectivity index (χ0n) is 36.1. The minimum atomic E-state index is -0.727. The number of halogens is 1. The van der Waals surface area contributed by atoms with Gasteiger partial charge in [0.2, 0.25) is 5.69 Å². The second kappa shape index (κ2) is 29.1. The van der Waals surface area contributed by atoms with E-state index in [1.807, 2.05) is 54.1 Å². The highest BCUT2D eigenvalue weighted by atomic mass is 35.5. The van der Waals surface area contributed by atoms with Gasteiger partial charge in [-0.25, -0.2) is 19.1 Å². The maximum atomic E-state index is 13.9. The SMILES string of the molecule is CCCCCCCCCCCCCCCCCCNC(=O)OCC1CC(COC(=O)N(Cc2cccc[n+]2CC)C(=O)c2ccccc2OC)N1Cc1ccccc1.[Cl-]. The highest BCUT2D eigenvalue weighted by Gasteiger charge is 2.40. The van der Waals surface area contributed by atoms with Gasteiger partial charge in [-0.05, 0) is 37.5 Å². The van der Waals surface area contributed by atoms with Gasteiger partial charge in [-0.2, -0.15) is 0 Å². The average Bonchev–Trinajstić information content (AvgIpc) is 3.25. The summed E-state index contributed by atoms with van der Waals surface area (Å²) in [5.41, 5.74) is 2.18. The number of rotatable bonds is 28. The fourth-order valence-corrected chi connectivity index (χ4v) is 7.77. The maximum absolute atomic E-state index is 13.9. The summed E-state index contributed by atoms with van der Waals surface area (Å²) in [6.45, 7) is 6.56. The first kappa shape index (κ1) is 49.2. The number of carbonyl (C=O) groups excluding carboxylic acids is 3. The molecule has 4 rings (SSSR count). The number of alkyl carbamates (subject to hydrolysis) is 1. The van der Waals surface area contributed by atoms with Crippen molar-refractivity contribution in [1.29, 1.82) is 0 Å². The lowest BCUT2D eigenvalue weighted by molar-refractivity contribution is -0.701. The lowest BCUT2D eigenvalue weighted by Crippen LogP contribution is -3.00. The number of carbonyl (C=O) groups is 3. The molecule has 59 heavy (non-hydrogen) atoms. The van der Waals surface area contributed by atoms with E-state index in [1.54, 1.807) is 24.3 Å². The molecule has 1 saturated heterocycles. The molecule has 1 aliphatic heterocycles. The third-order valence-electron chi connectivity index (χ3n) is 11.3. The number of hydrogen-bond donors (Lipinski definition) is 1. The molecule has 0 aliphatic carbocycles. The molecule has 3 aromatic rings. The van der Waals surface area contributed by atoms with Crippen LogP contribution in [0.1, 0.15) is 145 Å². The molecule has 11 heteroatoms. The van der Waals surface area contributed by atoms with Gasteiger partial charge in [0.15, 0.2) is 6.20 Å². The number of amides is 3.